The topological polar surface area (TPSA) is 50.8 Å². The Labute approximate surface area is 184 Å². The first kappa shape index (κ1) is 20.7. The number of carbonyl (C=O) groups excluding carboxylic acids is 1. The highest BCUT2D eigenvalue weighted by Crippen LogP contribution is 2.38. The van der Waals surface area contributed by atoms with Crippen molar-refractivity contribution in [1.82, 2.24) is 4.90 Å². The van der Waals surface area contributed by atoms with Crippen LogP contribution in [0.4, 0.5) is 5.69 Å². The van der Waals surface area contributed by atoms with Gasteiger partial charge in [0.1, 0.15) is 0 Å². The van der Waals surface area contributed by atoms with Crippen molar-refractivity contribution < 1.29 is 14.3 Å². The molecule has 31 heavy (non-hydrogen) atoms. The molecule has 1 aliphatic carbocycles. The van der Waals surface area contributed by atoms with E-state index in [0.29, 0.717) is 13.2 Å². The number of fused-ring (bicyclic) bond motifs is 1. The fourth-order valence-corrected chi connectivity index (χ4v) is 5.34. The number of nitrogens with one attached hydrogen (secondary N) is 1. The molecule has 3 aliphatic rings. The van der Waals surface area contributed by atoms with Crippen LogP contribution in [0.25, 0.3) is 0 Å². The Morgan fingerprint density at radius 2 is 1.97 bits per heavy atom. The lowest BCUT2D eigenvalue weighted by Gasteiger charge is -2.44. The van der Waals surface area contributed by atoms with Gasteiger partial charge in [0.05, 0.1) is 24.9 Å². The third-order valence-corrected chi connectivity index (χ3v) is 7.04. The summed E-state index contributed by atoms with van der Waals surface area (Å²) in [6.07, 6.45) is 6.52. The van der Waals surface area contributed by atoms with E-state index < -0.39 is 0 Å². The van der Waals surface area contributed by atoms with Crippen molar-refractivity contribution >= 4 is 11.6 Å². The number of hydrogen-bond donors (Lipinski definition) is 1. The predicted octanol–water partition coefficient (Wildman–Crippen LogP) is 3.95. The summed E-state index contributed by atoms with van der Waals surface area (Å²) < 4.78 is 12.6. The number of amides is 1. The normalized spacial score (nSPS) is 25.6. The third kappa shape index (κ3) is 4.69. The lowest BCUT2D eigenvalue weighted by Crippen LogP contribution is -2.57. The van der Waals surface area contributed by atoms with E-state index in [4.69, 9.17) is 9.47 Å². The van der Waals surface area contributed by atoms with Gasteiger partial charge in [-0.3, -0.25) is 9.69 Å². The summed E-state index contributed by atoms with van der Waals surface area (Å²) in [7, 11) is 0. The number of anilines is 1. The monoisotopic (exact) mass is 420 g/mol. The Hall–Kier alpha value is -2.21. The zero-order valence-electron chi connectivity index (χ0n) is 18.1. The maximum atomic E-state index is 12.8. The number of benzene rings is 2. The average molecular weight is 421 g/mol. The number of hydrogen-bond acceptors (Lipinski definition) is 4. The number of carbonyl (C=O) groups is 1. The summed E-state index contributed by atoms with van der Waals surface area (Å²) in [6.45, 7) is 3.36. The minimum atomic E-state index is -0.193. The zero-order chi connectivity index (χ0) is 21.1. The second-order valence-corrected chi connectivity index (χ2v) is 9.17. The molecule has 2 fully saturated rings. The molecule has 5 nitrogen and oxygen atoms in total. The number of ether oxygens (including phenoxy) is 2. The third-order valence-electron chi connectivity index (χ3n) is 7.04. The fraction of sp³-hybridized carbons (Fsp3) is 0.500. The van der Waals surface area contributed by atoms with Gasteiger partial charge in [0.25, 0.3) is 0 Å². The molecule has 1 N–H and O–H groups in total. The van der Waals surface area contributed by atoms with Gasteiger partial charge in [-0.1, -0.05) is 36.4 Å². The minimum absolute atomic E-state index is 0.0169. The van der Waals surface area contributed by atoms with Crippen LogP contribution >= 0.6 is 0 Å². The van der Waals surface area contributed by atoms with Crippen LogP contribution in [0.3, 0.4) is 0 Å². The molecule has 2 atom stereocenters. The van der Waals surface area contributed by atoms with Crippen molar-refractivity contribution in [2.75, 3.05) is 31.6 Å². The van der Waals surface area contributed by atoms with Crippen LogP contribution in [-0.4, -0.2) is 48.8 Å². The van der Waals surface area contributed by atoms with E-state index >= 15 is 0 Å². The first-order valence-electron chi connectivity index (χ1n) is 11.6. The van der Waals surface area contributed by atoms with Crippen LogP contribution in [0, 0.1) is 0 Å². The summed E-state index contributed by atoms with van der Waals surface area (Å²) in [4.78, 5) is 15.0. The Balaban J connectivity index is 1.20. The average Bonchev–Trinajstić information content (AvgIpc) is 3.45. The van der Waals surface area contributed by atoms with Gasteiger partial charge in [-0.05, 0) is 67.3 Å². The summed E-state index contributed by atoms with van der Waals surface area (Å²) >= 11 is 0. The Bertz CT molecular complexity index is 908. The number of aryl methyl sites for hydroxylation is 2. The first-order chi connectivity index (χ1) is 15.2. The van der Waals surface area contributed by atoms with E-state index in [2.05, 4.69) is 34.5 Å². The molecular formula is C26H32N2O3. The van der Waals surface area contributed by atoms with Gasteiger partial charge >= 0.3 is 0 Å². The summed E-state index contributed by atoms with van der Waals surface area (Å²) in [6, 6.07) is 16.6. The van der Waals surface area contributed by atoms with Gasteiger partial charge in [0.15, 0.2) is 0 Å². The quantitative estimate of drug-likeness (QED) is 0.769. The van der Waals surface area contributed by atoms with Gasteiger partial charge in [0.2, 0.25) is 5.91 Å². The van der Waals surface area contributed by atoms with Crippen LogP contribution in [0.2, 0.25) is 0 Å². The van der Waals surface area contributed by atoms with E-state index in [1.807, 2.05) is 24.3 Å². The van der Waals surface area contributed by atoms with Gasteiger partial charge in [-0.15, -0.1) is 0 Å². The fourth-order valence-electron chi connectivity index (χ4n) is 5.34. The highest BCUT2D eigenvalue weighted by molar-refractivity contribution is 5.92. The second-order valence-electron chi connectivity index (χ2n) is 9.17. The maximum Gasteiger partial charge on any atom is 0.238 e. The molecule has 2 aromatic rings. The van der Waals surface area contributed by atoms with Crippen LogP contribution in [-0.2, 0) is 33.7 Å². The molecule has 164 valence electrons. The zero-order valence-corrected chi connectivity index (χ0v) is 18.1. The van der Waals surface area contributed by atoms with Crippen molar-refractivity contribution in [3.63, 3.8) is 0 Å². The first-order valence-corrected chi connectivity index (χ1v) is 11.6. The van der Waals surface area contributed by atoms with Crippen molar-refractivity contribution in [3.8, 4) is 0 Å². The van der Waals surface area contributed by atoms with E-state index in [9.17, 15) is 4.79 Å². The molecule has 0 bridgehead atoms. The van der Waals surface area contributed by atoms with Gasteiger partial charge < -0.3 is 14.8 Å². The highest BCUT2D eigenvalue weighted by atomic mass is 16.6. The van der Waals surface area contributed by atoms with E-state index in [-0.39, 0.29) is 17.6 Å². The van der Waals surface area contributed by atoms with Crippen LogP contribution in [0.1, 0.15) is 42.4 Å². The number of piperidine rings is 1. The number of nitrogens with zero attached hydrogens (tertiary/aromatic N) is 1. The summed E-state index contributed by atoms with van der Waals surface area (Å²) in [5.41, 5.74) is 4.69. The molecule has 0 radical (unpaired) electrons. The maximum absolute atomic E-state index is 12.8. The van der Waals surface area contributed by atoms with Gasteiger partial charge in [0, 0.05) is 25.4 Å². The summed E-state index contributed by atoms with van der Waals surface area (Å²) in [5, 5.41) is 3.10. The van der Waals surface area contributed by atoms with Crippen molar-refractivity contribution in [2.45, 2.75) is 56.8 Å². The second kappa shape index (κ2) is 9.11. The van der Waals surface area contributed by atoms with Crippen molar-refractivity contribution in [3.05, 3.63) is 65.2 Å². The molecule has 5 rings (SSSR count). The molecule has 2 unspecified atom stereocenters. The van der Waals surface area contributed by atoms with Crippen molar-refractivity contribution in [1.29, 1.82) is 0 Å². The van der Waals surface area contributed by atoms with E-state index in [1.165, 1.54) is 23.1 Å². The number of likely N-dealkylation sites (tertiary alicyclic amines) is 1. The molecule has 2 heterocycles. The molecule has 1 amide bonds. The van der Waals surface area contributed by atoms with Crippen LogP contribution in [0.5, 0.6) is 0 Å². The van der Waals surface area contributed by atoms with Gasteiger partial charge in [-0.25, -0.2) is 0 Å². The molecule has 1 spiro atoms. The Morgan fingerprint density at radius 1 is 1.10 bits per heavy atom. The molecule has 2 aliphatic heterocycles. The lowest BCUT2D eigenvalue weighted by atomic mass is 9.85. The number of rotatable bonds is 6. The predicted molar refractivity (Wildman–Crippen MR) is 121 cm³/mol. The van der Waals surface area contributed by atoms with E-state index in [1.54, 1.807) is 0 Å². The van der Waals surface area contributed by atoms with E-state index in [0.717, 1.165) is 57.5 Å². The molecule has 5 heteroatoms. The smallest absolute Gasteiger partial charge is 0.238 e. The largest absolute Gasteiger partial charge is 0.372 e. The Morgan fingerprint density at radius 3 is 2.81 bits per heavy atom. The van der Waals surface area contributed by atoms with Crippen LogP contribution < -0.4 is 5.32 Å². The molecule has 0 saturated carbocycles. The molecule has 2 aromatic carbocycles. The SMILES string of the molecule is O=C(CN1CCC2(CCCO2)C(OCc2ccccc2)C1)Nc1ccc2c(c1)CCC2. The molecular weight excluding hydrogens is 388 g/mol. The van der Waals surface area contributed by atoms with Crippen molar-refractivity contribution in [2.24, 2.45) is 0 Å². The molecule has 2 saturated heterocycles. The summed E-state index contributed by atoms with van der Waals surface area (Å²) in [5.74, 6) is 0.0445. The Kier molecular flexibility index (Phi) is 6.08. The molecule has 0 aromatic heterocycles. The standard InChI is InChI=1S/C26H32N2O3/c29-25(27-23-11-10-21-8-4-9-22(21)16-23)18-28-14-13-26(12-5-15-31-26)24(17-28)30-19-20-6-2-1-3-7-20/h1-3,6-7,10-11,16,24H,4-5,8-9,12-15,17-19H2,(H,27,29). The lowest BCUT2D eigenvalue weighted by molar-refractivity contribution is -0.159. The minimum Gasteiger partial charge on any atom is -0.372 e. The van der Waals surface area contributed by atoms with Gasteiger partial charge in [-0.2, -0.15) is 0 Å². The van der Waals surface area contributed by atoms with Crippen LogP contribution in [0.15, 0.2) is 48.5 Å². The highest BCUT2D eigenvalue weighted by Gasteiger charge is 2.47.